The van der Waals surface area contributed by atoms with Gasteiger partial charge in [-0.25, -0.2) is 4.79 Å². The number of nitrogens with one attached hydrogen (secondary N) is 1. The fourth-order valence-electron chi connectivity index (χ4n) is 4.33. The van der Waals surface area contributed by atoms with Gasteiger partial charge >= 0.3 is 6.03 Å². The minimum atomic E-state index is -1.28. The van der Waals surface area contributed by atoms with E-state index in [0.717, 1.165) is 37.8 Å². The molecule has 1 aliphatic heterocycles. The van der Waals surface area contributed by atoms with Crippen molar-refractivity contribution in [2.75, 3.05) is 18.0 Å². The molecule has 1 aliphatic carbocycles. The number of amides is 3. The summed E-state index contributed by atoms with van der Waals surface area (Å²) in [5.41, 5.74) is 0.865. The lowest BCUT2D eigenvalue weighted by molar-refractivity contribution is -0.125. The SMILES string of the molecule is O=C(NC(=O)N1CCN(c2ccccc2)C(Oc2ccc(Cl)cc2)C1O)C1CCCCC1. The molecular formula is C24H28ClN3O4. The first kappa shape index (κ1) is 22.4. The van der Waals surface area contributed by atoms with E-state index in [1.54, 1.807) is 24.3 Å². The lowest BCUT2D eigenvalue weighted by Crippen LogP contribution is -2.65. The van der Waals surface area contributed by atoms with E-state index in [-0.39, 0.29) is 18.4 Å². The largest absolute Gasteiger partial charge is 0.466 e. The second-order valence-corrected chi connectivity index (χ2v) is 8.66. The highest BCUT2D eigenvalue weighted by atomic mass is 35.5. The molecule has 1 saturated heterocycles. The maximum Gasteiger partial charge on any atom is 0.326 e. The molecule has 32 heavy (non-hydrogen) atoms. The van der Waals surface area contributed by atoms with Crippen molar-refractivity contribution in [1.82, 2.24) is 10.2 Å². The van der Waals surface area contributed by atoms with Gasteiger partial charge < -0.3 is 14.7 Å². The molecule has 0 bridgehead atoms. The van der Waals surface area contributed by atoms with E-state index in [1.807, 2.05) is 35.2 Å². The Morgan fingerprint density at radius 2 is 1.66 bits per heavy atom. The molecule has 2 aromatic carbocycles. The van der Waals surface area contributed by atoms with Crippen LogP contribution in [-0.4, -0.2) is 47.5 Å². The molecule has 8 heteroatoms. The summed E-state index contributed by atoms with van der Waals surface area (Å²) in [6.07, 6.45) is 2.59. The van der Waals surface area contributed by atoms with Crippen molar-refractivity contribution < 1.29 is 19.4 Å². The van der Waals surface area contributed by atoms with Gasteiger partial charge in [-0.05, 0) is 49.2 Å². The lowest BCUT2D eigenvalue weighted by atomic mass is 9.89. The number of carbonyl (C=O) groups is 2. The number of ether oxygens (including phenoxy) is 1. The highest BCUT2D eigenvalue weighted by molar-refractivity contribution is 6.30. The van der Waals surface area contributed by atoms with E-state index in [9.17, 15) is 14.7 Å². The molecule has 4 rings (SSSR count). The third-order valence-corrected chi connectivity index (χ3v) is 6.34. The van der Waals surface area contributed by atoms with Crippen molar-refractivity contribution in [2.45, 2.75) is 44.6 Å². The summed E-state index contributed by atoms with van der Waals surface area (Å²) in [6.45, 7) is 0.685. The Balaban J connectivity index is 1.51. The first-order valence-electron chi connectivity index (χ1n) is 11.1. The van der Waals surface area contributed by atoms with E-state index >= 15 is 0 Å². The molecule has 2 aliphatic rings. The normalized spacial score (nSPS) is 21.8. The van der Waals surface area contributed by atoms with Gasteiger partial charge in [-0.2, -0.15) is 0 Å². The zero-order valence-corrected chi connectivity index (χ0v) is 18.6. The van der Waals surface area contributed by atoms with E-state index in [2.05, 4.69) is 5.32 Å². The van der Waals surface area contributed by atoms with Crippen molar-refractivity contribution in [3.63, 3.8) is 0 Å². The van der Waals surface area contributed by atoms with Crippen molar-refractivity contribution >= 4 is 29.2 Å². The second-order valence-electron chi connectivity index (χ2n) is 8.23. The van der Waals surface area contributed by atoms with Crippen LogP contribution in [0.5, 0.6) is 5.75 Å². The number of anilines is 1. The number of rotatable bonds is 4. The van der Waals surface area contributed by atoms with Crippen molar-refractivity contribution in [1.29, 1.82) is 0 Å². The first-order valence-corrected chi connectivity index (χ1v) is 11.4. The predicted molar refractivity (Wildman–Crippen MR) is 122 cm³/mol. The molecule has 0 radical (unpaired) electrons. The number of para-hydroxylation sites is 1. The molecule has 0 spiro atoms. The van der Waals surface area contributed by atoms with Crippen molar-refractivity contribution in [3.05, 3.63) is 59.6 Å². The van der Waals surface area contributed by atoms with Gasteiger partial charge in [0.1, 0.15) is 5.75 Å². The lowest BCUT2D eigenvalue weighted by Gasteiger charge is -2.45. The highest BCUT2D eigenvalue weighted by Gasteiger charge is 2.40. The second kappa shape index (κ2) is 10.2. The smallest absolute Gasteiger partial charge is 0.326 e. The number of piperazine rings is 1. The van der Waals surface area contributed by atoms with Gasteiger partial charge in [0.25, 0.3) is 0 Å². The number of carbonyl (C=O) groups excluding carboxylic acids is 2. The van der Waals surface area contributed by atoms with E-state index < -0.39 is 18.5 Å². The fraction of sp³-hybridized carbons (Fsp3) is 0.417. The van der Waals surface area contributed by atoms with Crippen LogP contribution in [0.2, 0.25) is 5.02 Å². The van der Waals surface area contributed by atoms with Gasteiger partial charge in [0, 0.05) is 29.7 Å². The number of aliphatic hydroxyl groups is 1. The summed E-state index contributed by atoms with van der Waals surface area (Å²) >= 11 is 5.98. The molecule has 1 saturated carbocycles. The third kappa shape index (κ3) is 5.16. The number of hydrogen-bond donors (Lipinski definition) is 2. The zero-order chi connectivity index (χ0) is 22.5. The summed E-state index contributed by atoms with van der Waals surface area (Å²) in [6, 6.07) is 15.8. The standard InChI is InChI=1S/C24H28ClN3O4/c25-18-11-13-20(14-12-18)32-23-22(30)28(16-15-27(23)19-9-5-2-6-10-19)24(31)26-21(29)17-7-3-1-4-8-17/h2,5-6,9-14,17,22-23,30H,1,3-4,7-8,15-16H2,(H,26,29,31). The number of hydrogen-bond acceptors (Lipinski definition) is 5. The molecule has 1 heterocycles. The summed E-state index contributed by atoms with van der Waals surface area (Å²) in [5, 5.41) is 14.2. The molecular weight excluding hydrogens is 430 g/mol. The Morgan fingerprint density at radius 1 is 0.969 bits per heavy atom. The van der Waals surface area contributed by atoms with Crippen molar-refractivity contribution in [2.24, 2.45) is 5.92 Å². The molecule has 0 aromatic heterocycles. The van der Waals surface area contributed by atoms with Crippen LogP contribution in [-0.2, 0) is 4.79 Å². The van der Waals surface area contributed by atoms with Gasteiger partial charge in [-0.3, -0.25) is 15.0 Å². The predicted octanol–water partition coefficient (Wildman–Crippen LogP) is 4.00. The summed E-state index contributed by atoms with van der Waals surface area (Å²) < 4.78 is 6.10. The maximum atomic E-state index is 12.9. The number of imide groups is 1. The maximum absolute atomic E-state index is 12.9. The van der Waals surface area contributed by atoms with Gasteiger partial charge in [0.05, 0.1) is 0 Å². The van der Waals surface area contributed by atoms with Crippen LogP contribution in [0.4, 0.5) is 10.5 Å². The first-order chi connectivity index (χ1) is 15.5. The number of nitrogens with zero attached hydrogens (tertiary/aromatic N) is 2. The molecule has 7 nitrogen and oxygen atoms in total. The van der Waals surface area contributed by atoms with Crippen molar-refractivity contribution in [3.8, 4) is 5.75 Å². The van der Waals surface area contributed by atoms with Crippen LogP contribution in [0.3, 0.4) is 0 Å². The van der Waals surface area contributed by atoms with Gasteiger partial charge in [0.2, 0.25) is 12.1 Å². The average Bonchev–Trinajstić information content (AvgIpc) is 2.82. The molecule has 3 amide bonds. The summed E-state index contributed by atoms with van der Waals surface area (Å²) in [4.78, 5) is 28.6. The van der Waals surface area contributed by atoms with E-state index in [1.165, 1.54) is 4.90 Å². The highest BCUT2D eigenvalue weighted by Crippen LogP contribution is 2.28. The number of halogens is 1. The Morgan fingerprint density at radius 3 is 2.34 bits per heavy atom. The van der Waals surface area contributed by atoms with Crippen LogP contribution in [0, 0.1) is 5.92 Å². The van der Waals surface area contributed by atoms with Crippen LogP contribution in [0.25, 0.3) is 0 Å². The van der Waals surface area contributed by atoms with Crippen LogP contribution in [0.15, 0.2) is 54.6 Å². The topological polar surface area (TPSA) is 82.1 Å². The van der Waals surface area contributed by atoms with Crippen LogP contribution >= 0.6 is 11.6 Å². The molecule has 170 valence electrons. The Labute approximate surface area is 192 Å². The Hall–Kier alpha value is -2.77. The zero-order valence-electron chi connectivity index (χ0n) is 17.8. The summed E-state index contributed by atoms with van der Waals surface area (Å²) in [5.74, 6) is 0.110. The number of urea groups is 1. The van der Waals surface area contributed by atoms with Gasteiger partial charge in [-0.15, -0.1) is 0 Å². The average molecular weight is 458 g/mol. The number of aliphatic hydroxyl groups excluding tert-OH is 1. The number of benzene rings is 2. The Kier molecular flexibility index (Phi) is 7.17. The minimum absolute atomic E-state index is 0.142. The van der Waals surface area contributed by atoms with E-state index in [4.69, 9.17) is 16.3 Å². The quantitative estimate of drug-likeness (QED) is 0.725. The van der Waals surface area contributed by atoms with Gasteiger partial charge in [0.15, 0.2) is 6.23 Å². The molecule has 2 unspecified atom stereocenters. The van der Waals surface area contributed by atoms with Crippen LogP contribution < -0.4 is 15.0 Å². The summed E-state index contributed by atoms with van der Waals surface area (Å²) in [7, 11) is 0. The molecule has 2 atom stereocenters. The fourth-order valence-corrected chi connectivity index (χ4v) is 4.45. The molecule has 2 aromatic rings. The third-order valence-electron chi connectivity index (χ3n) is 6.09. The molecule has 2 fully saturated rings. The van der Waals surface area contributed by atoms with E-state index in [0.29, 0.717) is 17.3 Å². The van der Waals surface area contributed by atoms with Crippen LogP contribution in [0.1, 0.15) is 32.1 Å². The molecule has 2 N–H and O–H groups in total. The monoisotopic (exact) mass is 457 g/mol. The Bertz CT molecular complexity index is 919. The van der Waals surface area contributed by atoms with Gasteiger partial charge in [-0.1, -0.05) is 49.1 Å². The minimum Gasteiger partial charge on any atom is -0.466 e.